The predicted molar refractivity (Wildman–Crippen MR) is 134 cm³/mol. The number of benzene rings is 2. The molecule has 1 amide bonds. The van der Waals surface area contributed by atoms with E-state index in [9.17, 15) is 4.79 Å². The number of ether oxygens (including phenoxy) is 2. The standard InChI is InChI=1S/C27H27N5O3/c1-34-21-11-12-22(24(18-21)35-2)26-23(19-32(29-26)20-8-4-3-5-9-20)27(33)31-16-14-30(15-17-31)25-10-6-7-13-28-25/h3-13,18-19H,14-17H2,1-2H3. The van der Waals surface area contributed by atoms with Gasteiger partial charge in [-0.2, -0.15) is 5.10 Å². The Balaban J connectivity index is 1.48. The summed E-state index contributed by atoms with van der Waals surface area (Å²) in [5.41, 5.74) is 2.72. The zero-order chi connectivity index (χ0) is 24.2. The van der Waals surface area contributed by atoms with E-state index in [1.54, 1.807) is 31.2 Å². The Hall–Kier alpha value is -4.33. The third-order valence-electron chi connectivity index (χ3n) is 6.17. The maximum absolute atomic E-state index is 13.8. The lowest BCUT2D eigenvalue weighted by Gasteiger charge is -2.35. The maximum atomic E-state index is 13.8. The summed E-state index contributed by atoms with van der Waals surface area (Å²) in [7, 11) is 3.21. The molecule has 2 aromatic heterocycles. The normalized spacial score (nSPS) is 13.5. The van der Waals surface area contributed by atoms with Crippen molar-refractivity contribution < 1.29 is 14.3 Å². The van der Waals surface area contributed by atoms with Crippen LogP contribution in [0.3, 0.4) is 0 Å². The van der Waals surface area contributed by atoms with Crippen molar-refractivity contribution >= 4 is 11.7 Å². The lowest BCUT2D eigenvalue weighted by molar-refractivity contribution is 0.0747. The van der Waals surface area contributed by atoms with Crippen LogP contribution in [0.2, 0.25) is 0 Å². The fourth-order valence-corrected chi connectivity index (χ4v) is 4.29. The Labute approximate surface area is 204 Å². The number of carbonyl (C=O) groups excluding carboxylic acids is 1. The molecule has 178 valence electrons. The number of hydrogen-bond acceptors (Lipinski definition) is 6. The molecule has 35 heavy (non-hydrogen) atoms. The van der Waals surface area contributed by atoms with Crippen molar-refractivity contribution in [1.29, 1.82) is 0 Å². The van der Waals surface area contributed by atoms with Gasteiger partial charge in [-0.25, -0.2) is 9.67 Å². The lowest BCUT2D eigenvalue weighted by atomic mass is 10.1. The largest absolute Gasteiger partial charge is 0.497 e. The molecular formula is C27H27N5O3. The third-order valence-corrected chi connectivity index (χ3v) is 6.17. The van der Waals surface area contributed by atoms with E-state index < -0.39 is 0 Å². The fourth-order valence-electron chi connectivity index (χ4n) is 4.29. The molecule has 0 spiro atoms. The first kappa shape index (κ1) is 22.5. The molecule has 3 heterocycles. The van der Waals surface area contributed by atoms with Gasteiger partial charge < -0.3 is 19.3 Å². The van der Waals surface area contributed by atoms with Gasteiger partial charge in [0.25, 0.3) is 5.91 Å². The maximum Gasteiger partial charge on any atom is 0.257 e. The number of carbonyl (C=O) groups is 1. The van der Waals surface area contributed by atoms with Crippen LogP contribution >= 0.6 is 0 Å². The van der Waals surface area contributed by atoms with Gasteiger partial charge in [0.1, 0.15) is 23.0 Å². The highest BCUT2D eigenvalue weighted by Gasteiger charge is 2.28. The molecule has 1 saturated heterocycles. The Bertz CT molecular complexity index is 1300. The van der Waals surface area contributed by atoms with Crippen LogP contribution in [-0.2, 0) is 0 Å². The Morgan fingerprint density at radius 3 is 2.34 bits per heavy atom. The number of nitrogens with zero attached hydrogens (tertiary/aromatic N) is 5. The smallest absolute Gasteiger partial charge is 0.257 e. The highest BCUT2D eigenvalue weighted by Crippen LogP contribution is 2.35. The van der Waals surface area contributed by atoms with Crippen LogP contribution in [-0.4, -0.2) is 66.0 Å². The SMILES string of the molecule is COc1ccc(-c2nn(-c3ccccc3)cc2C(=O)N2CCN(c3ccccn3)CC2)c(OC)c1. The van der Waals surface area contributed by atoms with Crippen LogP contribution in [0.15, 0.2) is 79.1 Å². The molecule has 0 atom stereocenters. The van der Waals surface area contributed by atoms with Crippen molar-refractivity contribution in [2.75, 3.05) is 45.3 Å². The minimum absolute atomic E-state index is 0.0549. The minimum atomic E-state index is -0.0549. The van der Waals surface area contributed by atoms with Gasteiger partial charge in [-0.1, -0.05) is 24.3 Å². The van der Waals surface area contributed by atoms with E-state index in [1.807, 2.05) is 71.8 Å². The van der Waals surface area contributed by atoms with E-state index in [0.29, 0.717) is 35.8 Å². The predicted octanol–water partition coefficient (Wildman–Crippen LogP) is 3.91. The first-order chi connectivity index (χ1) is 17.2. The van der Waals surface area contributed by atoms with Crippen LogP contribution in [0.5, 0.6) is 11.5 Å². The van der Waals surface area contributed by atoms with Gasteiger partial charge in [0.15, 0.2) is 0 Å². The number of hydrogen-bond donors (Lipinski definition) is 0. The van der Waals surface area contributed by atoms with E-state index in [-0.39, 0.29) is 5.91 Å². The van der Waals surface area contributed by atoms with Gasteiger partial charge in [0.05, 0.1) is 25.5 Å². The summed E-state index contributed by atoms with van der Waals surface area (Å²) in [5.74, 6) is 2.14. The van der Waals surface area contributed by atoms with Crippen LogP contribution in [0.1, 0.15) is 10.4 Å². The average molecular weight is 470 g/mol. The Morgan fingerprint density at radius 1 is 0.886 bits per heavy atom. The number of anilines is 1. The second kappa shape index (κ2) is 9.89. The number of amides is 1. The molecule has 8 nitrogen and oxygen atoms in total. The number of piperazine rings is 1. The molecule has 0 bridgehead atoms. The van der Waals surface area contributed by atoms with E-state index in [2.05, 4.69) is 9.88 Å². The highest BCUT2D eigenvalue weighted by molar-refractivity contribution is 6.00. The van der Waals surface area contributed by atoms with Crippen molar-refractivity contribution in [2.45, 2.75) is 0 Å². The molecule has 0 aliphatic carbocycles. The fraction of sp³-hybridized carbons (Fsp3) is 0.222. The quantitative estimate of drug-likeness (QED) is 0.426. The number of rotatable bonds is 6. The van der Waals surface area contributed by atoms with Gasteiger partial charge >= 0.3 is 0 Å². The lowest BCUT2D eigenvalue weighted by Crippen LogP contribution is -2.49. The summed E-state index contributed by atoms with van der Waals surface area (Å²) in [5, 5.41) is 4.82. The Morgan fingerprint density at radius 2 is 1.66 bits per heavy atom. The van der Waals surface area contributed by atoms with Gasteiger partial charge in [0, 0.05) is 50.2 Å². The van der Waals surface area contributed by atoms with Crippen molar-refractivity contribution in [3.8, 4) is 28.4 Å². The number of pyridine rings is 1. The van der Waals surface area contributed by atoms with Crippen molar-refractivity contribution in [1.82, 2.24) is 19.7 Å². The minimum Gasteiger partial charge on any atom is -0.497 e. The average Bonchev–Trinajstić information content (AvgIpc) is 3.38. The first-order valence-corrected chi connectivity index (χ1v) is 11.5. The van der Waals surface area contributed by atoms with Crippen molar-refractivity contribution in [2.24, 2.45) is 0 Å². The molecule has 1 aliphatic heterocycles. The van der Waals surface area contributed by atoms with Crippen LogP contribution in [0, 0.1) is 0 Å². The molecule has 5 rings (SSSR count). The molecule has 1 aliphatic rings. The van der Waals surface area contributed by atoms with Gasteiger partial charge in [-0.15, -0.1) is 0 Å². The van der Waals surface area contributed by atoms with Crippen LogP contribution in [0.25, 0.3) is 16.9 Å². The van der Waals surface area contributed by atoms with Gasteiger partial charge in [-0.3, -0.25) is 4.79 Å². The topological polar surface area (TPSA) is 72.7 Å². The first-order valence-electron chi connectivity index (χ1n) is 11.5. The van der Waals surface area contributed by atoms with E-state index in [0.717, 1.165) is 30.2 Å². The molecule has 0 saturated carbocycles. The molecule has 0 unspecified atom stereocenters. The van der Waals surface area contributed by atoms with E-state index >= 15 is 0 Å². The second-order valence-electron chi connectivity index (χ2n) is 8.20. The van der Waals surface area contributed by atoms with Crippen molar-refractivity contribution in [3.63, 3.8) is 0 Å². The third kappa shape index (κ3) is 4.55. The van der Waals surface area contributed by atoms with Gasteiger partial charge in [0.2, 0.25) is 0 Å². The van der Waals surface area contributed by atoms with E-state index in [4.69, 9.17) is 14.6 Å². The van der Waals surface area contributed by atoms with Crippen LogP contribution < -0.4 is 14.4 Å². The molecule has 1 fully saturated rings. The number of para-hydroxylation sites is 1. The Kier molecular flexibility index (Phi) is 6.34. The second-order valence-corrected chi connectivity index (χ2v) is 8.20. The summed E-state index contributed by atoms with van der Waals surface area (Å²) in [4.78, 5) is 22.3. The summed E-state index contributed by atoms with van der Waals surface area (Å²) in [6, 6.07) is 21.2. The summed E-state index contributed by atoms with van der Waals surface area (Å²) >= 11 is 0. The van der Waals surface area contributed by atoms with Gasteiger partial charge in [-0.05, 0) is 36.4 Å². The number of methoxy groups -OCH3 is 2. The zero-order valence-electron chi connectivity index (χ0n) is 19.8. The van der Waals surface area contributed by atoms with Crippen molar-refractivity contribution in [3.05, 3.63) is 84.7 Å². The molecule has 4 aromatic rings. The molecule has 8 heteroatoms. The monoisotopic (exact) mass is 469 g/mol. The molecule has 0 N–H and O–H groups in total. The number of aromatic nitrogens is 3. The molecule has 0 radical (unpaired) electrons. The zero-order valence-corrected chi connectivity index (χ0v) is 19.8. The van der Waals surface area contributed by atoms with E-state index in [1.165, 1.54) is 0 Å². The molecular weight excluding hydrogens is 442 g/mol. The van der Waals surface area contributed by atoms with Crippen LogP contribution in [0.4, 0.5) is 5.82 Å². The highest BCUT2D eigenvalue weighted by atomic mass is 16.5. The summed E-state index contributed by atoms with van der Waals surface area (Å²) in [6.45, 7) is 2.64. The molecule has 2 aromatic carbocycles. The summed E-state index contributed by atoms with van der Waals surface area (Å²) in [6.07, 6.45) is 3.60. The summed E-state index contributed by atoms with van der Waals surface area (Å²) < 4.78 is 12.7.